The van der Waals surface area contributed by atoms with Crippen LogP contribution in [0.3, 0.4) is 0 Å². The average Bonchev–Trinajstić information content (AvgIpc) is 2.75. The fraction of sp³-hybridized carbons (Fsp3) is 0.200. The summed E-state index contributed by atoms with van der Waals surface area (Å²) in [6.45, 7) is 0.592. The SMILES string of the molecule is COCc1ccc(Cc2cccc(CC(=O)Nc3cc(Cl)ccc3C(=O)OC)c2)cc1. The zero-order valence-electron chi connectivity index (χ0n) is 17.5. The van der Waals surface area contributed by atoms with Gasteiger partial charge in [-0.3, -0.25) is 4.79 Å². The van der Waals surface area contributed by atoms with Crippen LogP contribution in [0.4, 0.5) is 5.69 Å². The third-order valence-corrected chi connectivity index (χ3v) is 4.99. The summed E-state index contributed by atoms with van der Waals surface area (Å²) < 4.78 is 9.91. The van der Waals surface area contributed by atoms with E-state index < -0.39 is 5.97 Å². The maximum absolute atomic E-state index is 12.6. The highest BCUT2D eigenvalue weighted by atomic mass is 35.5. The Balaban J connectivity index is 1.68. The normalized spacial score (nSPS) is 10.5. The van der Waals surface area contributed by atoms with Gasteiger partial charge >= 0.3 is 5.97 Å². The van der Waals surface area contributed by atoms with E-state index in [9.17, 15) is 9.59 Å². The monoisotopic (exact) mass is 437 g/mol. The van der Waals surface area contributed by atoms with E-state index in [1.54, 1.807) is 13.2 Å². The summed E-state index contributed by atoms with van der Waals surface area (Å²) in [5.41, 5.74) is 4.89. The average molecular weight is 438 g/mol. The number of amides is 1. The van der Waals surface area contributed by atoms with Gasteiger partial charge in [-0.15, -0.1) is 0 Å². The number of halogens is 1. The number of anilines is 1. The number of hydrogen-bond acceptors (Lipinski definition) is 4. The van der Waals surface area contributed by atoms with Crippen LogP contribution in [0.2, 0.25) is 5.02 Å². The molecule has 160 valence electrons. The van der Waals surface area contributed by atoms with E-state index in [1.165, 1.54) is 24.8 Å². The molecule has 3 rings (SSSR count). The molecule has 0 aliphatic rings. The molecule has 0 saturated carbocycles. The van der Waals surface area contributed by atoms with Gasteiger partial charge in [-0.05, 0) is 46.9 Å². The number of nitrogens with one attached hydrogen (secondary N) is 1. The lowest BCUT2D eigenvalue weighted by Crippen LogP contribution is -2.17. The lowest BCUT2D eigenvalue weighted by atomic mass is 10.0. The molecular weight excluding hydrogens is 414 g/mol. The minimum absolute atomic E-state index is 0.174. The summed E-state index contributed by atoms with van der Waals surface area (Å²) in [5, 5.41) is 3.18. The molecule has 3 aromatic rings. The highest BCUT2D eigenvalue weighted by Gasteiger charge is 2.15. The number of methoxy groups -OCH3 is 2. The summed E-state index contributed by atoms with van der Waals surface area (Å²) in [6, 6.07) is 20.8. The van der Waals surface area contributed by atoms with Gasteiger partial charge in [0.2, 0.25) is 5.91 Å². The molecule has 0 heterocycles. The van der Waals surface area contributed by atoms with Crippen molar-refractivity contribution >= 4 is 29.2 Å². The van der Waals surface area contributed by atoms with Crippen LogP contribution in [0, 0.1) is 0 Å². The Bertz CT molecular complexity index is 1060. The van der Waals surface area contributed by atoms with Crippen molar-refractivity contribution in [2.45, 2.75) is 19.4 Å². The zero-order chi connectivity index (χ0) is 22.2. The first-order valence-corrected chi connectivity index (χ1v) is 10.2. The first-order chi connectivity index (χ1) is 15.0. The molecule has 0 fully saturated rings. The van der Waals surface area contributed by atoms with E-state index >= 15 is 0 Å². The molecule has 1 N–H and O–H groups in total. The summed E-state index contributed by atoms with van der Waals surface area (Å²) >= 11 is 6.02. The molecule has 0 aliphatic heterocycles. The second-order valence-corrected chi connectivity index (χ2v) is 7.59. The standard InChI is InChI=1S/C25H24ClNO4/c1-30-16-18-8-6-17(7-9-18)12-19-4-3-5-20(13-19)14-24(28)27-23-15-21(26)10-11-22(23)25(29)31-2/h3-11,13,15H,12,14,16H2,1-2H3,(H,27,28). The Morgan fingerprint density at radius 2 is 1.58 bits per heavy atom. The second-order valence-electron chi connectivity index (χ2n) is 7.15. The molecular formula is C25H24ClNO4. The third kappa shape index (κ3) is 6.41. The fourth-order valence-corrected chi connectivity index (χ4v) is 3.47. The van der Waals surface area contributed by atoms with Crippen LogP contribution in [0.5, 0.6) is 0 Å². The second kappa shape index (κ2) is 10.8. The van der Waals surface area contributed by atoms with Crippen LogP contribution in [-0.2, 0) is 33.7 Å². The van der Waals surface area contributed by atoms with Crippen molar-refractivity contribution in [3.05, 3.63) is 99.6 Å². The Morgan fingerprint density at radius 3 is 2.29 bits per heavy atom. The molecule has 0 aliphatic carbocycles. The summed E-state index contributed by atoms with van der Waals surface area (Å²) in [4.78, 5) is 24.5. The number of carbonyl (C=O) groups is 2. The van der Waals surface area contributed by atoms with Crippen molar-refractivity contribution in [2.24, 2.45) is 0 Å². The van der Waals surface area contributed by atoms with Gasteiger partial charge in [-0.25, -0.2) is 4.79 Å². The van der Waals surface area contributed by atoms with Crippen molar-refractivity contribution in [1.82, 2.24) is 0 Å². The van der Waals surface area contributed by atoms with E-state index in [1.807, 2.05) is 24.3 Å². The molecule has 0 saturated heterocycles. The molecule has 5 nitrogen and oxygen atoms in total. The highest BCUT2D eigenvalue weighted by Crippen LogP contribution is 2.22. The van der Waals surface area contributed by atoms with E-state index in [0.717, 1.165) is 23.1 Å². The molecule has 0 unspecified atom stereocenters. The zero-order valence-corrected chi connectivity index (χ0v) is 18.2. The summed E-state index contributed by atoms with van der Waals surface area (Å²) in [6.07, 6.45) is 0.942. The van der Waals surface area contributed by atoms with Gasteiger partial charge in [0.15, 0.2) is 0 Å². The number of hydrogen-bond donors (Lipinski definition) is 1. The van der Waals surface area contributed by atoms with Crippen LogP contribution >= 0.6 is 11.6 Å². The van der Waals surface area contributed by atoms with Gasteiger partial charge in [0.05, 0.1) is 31.4 Å². The van der Waals surface area contributed by atoms with Crippen LogP contribution in [0.1, 0.15) is 32.6 Å². The Morgan fingerprint density at radius 1 is 0.871 bits per heavy atom. The van der Waals surface area contributed by atoms with E-state index in [4.69, 9.17) is 21.1 Å². The predicted molar refractivity (Wildman–Crippen MR) is 122 cm³/mol. The van der Waals surface area contributed by atoms with Crippen LogP contribution in [-0.4, -0.2) is 26.1 Å². The molecule has 1 amide bonds. The van der Waals surface area contributed by atoms with Crippen molar-refractivity contribution in [2.75, 3.05) is 19.5 Å². The van der Waals surface area contributed by atoms with E-state index in [2.05, 4.69) is 29.6 Å². The van der Waals surface area contributed by atoms with Gasteiger partial charge in [0.1, 0.15) is 0 Å². The van der Waals surface area contributed by atoms with Gasteiger partial charge in [0.25, 0.3) is 0 Å². The van der Waals surface area contributed by atoms with Gasteiger partial charge in [-0.1, -0.05) is 60.1 Å². The number of benzene rings is 3. The smallest absolute Gasteiger partial charge is 0.339 e. The molecule has 0 radical (unpaired) electrons. The minimum atomic E-state index is -0.537. The van der Waals surface area contributed by atoms with Crippen LogP contribution in [0.25, 0.3) is 0 Å². The van der Waals surface area contributed by atoms with E-state index in [-0.39, 0.29) is 17.9 Å². The Labute approximate surface area is 187 Å². The topological polar surface area (TPSA) is 64.6 Å². The Kier molecular flexibility index (Phi) is 7.82. The molecule has 0 aromatic heterocycles. The van der Waals surface area contributed by atoms with E-state index in [0.29, 0.717) is 17.3 Å². The van der Waals surface area contributed by atoms with Gasteiger partial charge < -0.3 is 14.8 Å². The quantitative estimate of drug-likeness (QED) is 0.501. The van der Waals surface area contributed by atoms with Crippen molar-refractivity contribution in [3.8, 4) is 0 Å². The highest BCUT2D eigenvalue weighted by molar-refractivity contribution is 6.31. The molecule has 6 heteroatoms. The number of carbonyl (C=O) groups excluding carboxylic acids is 2. The first kappa shape index (κ1) is 22.5. The Hall–Kier alpha value is -3.15. The van der Waals surface area contributed by atoms with Crippen molar-refractivity contribution in [3.63, 3.8) is 0 Å². The molecule has 0 bridgehead atoms. The summed E-state index contributed by atoms with van der Waals surface area (Å²) in [7, 11) is 2.97. The number of rotatable bonds is 8. The number of ether oxygens (including phenoxy) is 2. The van der Waals surface area contributed by atoms with Crippen molar-refractivity contribution in [1.29, 1.82) is 0 Å². The maximum atomic E-state index is 12.6. The molecule has 3 aromatic carbocycles. The van der Waals surface area contributed by atoms with Gasteiger partial charge in [-0.2, -0.15) is 0 Å². The van der Waals surface area contributed by atoms with Crippen LogP contribution < -0.4 is 5.32 Å². The fourth-order valence-electron chi connectivity index (χ4n) is 3.29. The lowest BCUT2D eigenvalue weighted by Gasteiger charge is -2.11. The lowest BCUT2D eigenvalue weighted by molar-refractivity contribution is -0.115. The molecule has 0 atom stereocenters. The summed E-state index contributed by atoms with van der Waals surface area (Å²) in [5.74, 6) is -0.779. The number of esters is 1. The molecule has 0 spiro atoms. The largest absolute Gasteiger partial charge is 0.465 e. The predicted octanol–water partition coefficient (Wildman–Crippen LogP) is 5.05. The molecule has 31 heavy (non-hydrogen) atoms. The van der Waals surface area contributed by atoms with Crippen molar-refractivity contribution < 1.29 is 19.1 Å². The van der Waals surface area contributed by atoms with Crippen LogP contribution in [0.15, 0.2) is 66.7 Å². The minimum Gasteiger partial charge on any atom is -0.465 e. The maximum Gasteiger partial charge on any atom is 0.339 e. The third-order valence-electron chi connectivity index (χ3n) is 4.76. The van der Waals surface area contributed by atoms with Gasteiger partial charge in [0, 0.05) is 12.1 Å². The first-order valence-electron chi connectivity index (χ1n) is 9.81.